The molecule has 2 heterocycles. The molecule has 0 fully saturated rings. The number of hydrogen-bond acceptors (Lipinski definition) is 5. The third-order valence-electron chi connectivity index (χ3n) is 4.96. The highest BCUT2D eigenvalue weighted by Gasteiger charge is 2.22. The number of ether oxygens (including phenoxy) is 1. The molecule has 0 saturated carbocycles. The summed E-state index contributed by atoms with van der Waals surface area (Å²) in [6, 6.07) is 5.87. The molecule has 186 valence electrons. The molecule has 0 aliphatic carbocycles. The van der Waals surface area contributed by atoms with Crippen LogP contribution >= 0.6 is 24.0 Å². The van der Waals surface area contributed by atoms with Crippen molar-refractivity contribution in [1.29, 1.82) is 0 Å². The standard InChI is InChI=1S/C23H39N7O2.HI/c1-8-24-21(25-14-12-20-28-27-19-11-9-10-15-30(19)20)29(7)16-13-18(17(2)3)26-22(31)32-23(4,5)6;/h9-11,15,17-18H,8,12-14,16H2,1-7H3,(H,24,25)(H,26,31);1H. The summed E-state index contributed by atoms with van der Waals surface area (Å²) in [5, 5.41) is 14.8. The molecular weight excluding hydrogens is 533 g/mol. The summed E-state index contributed by atoms with van der Waals surface area (Å²) in [6.45, 7) is 14.0. The second-order valence-electron chi connectivity index (χ2n) is 9.24. The van der Waals surface area contributed by atoms with Crippen LogP contribution in [0.2, 0.25) is 0 Å². The Hall–Kier alpha value is -2.11. The predicted molar refractivity (Wildman–Crippen MR) is 143 cm³/mol. The molecule has 2 N–H and O–H groups in total. The van der Waals surface area contributed by atoms with Gasteiger partial charge in [0.1, 0.15) is 11.4 Å². The summed E-state index contributed by atoms with van der Waals surface area (Å²) in [4.78, 5) is 19.1. The van der Waals surface area contributed by atoms with E-state index in [4.69, 9.17) is 9.73 Å². The fourth-order valence-corrected chi connectivity index (χ4v) is 3.26. The van der Waals surface area contributed by atoms with Gasteiger partial charge in [-0.2, -0.15) is 0 Å². The van der Waals surface area contributed by atoms with Gasteiger partial charge in [-0.3, -0.25) is 9.39 Å². The molecule has 0 aliphatic rings. The van der Waals surface area contributed by atoms with E-state index < -0.39 is 5.60 Å². The van der Waals surface area contributed by atoms with E-state index in [2.05, 4.69) is 46.5 Å². The number of carbonyl (C=O) groups is 1. The number of hydrogen-bond donors (Lipinski definition) is 2. The van der Waals surface area contributed by atoms with Crippen molar-refractivity contribution < 1.29 is 9.53 Å². The van der Waals surface area contributed by atoms with E-state index in [9.17, 15) is 4.79 Å². The van der Waals surface area contributed by atoms with Crippen LogP contribution in [0.5, 0.6) is 0 Å². The second-order valence-corrected chi connectivity index (χ2v) is 9.24. The Kier molecular flexibility index (Phi) is 11.9. The molecule has 0 bridgehead atoms. The molecule has 10 heteroatoms. The minimum Gasteiger partial charge on any atom is -0.444 e. The summed E-state index contributed by atoms with van der Waals surface area (Å²) in [5.74, 6) is 2.02. The van der Waals surface area contributed by atoms with Crippen LogP contribution in [0.1, 0.15) is 53.8 Å². The lowest BCUT2D eigenvalue weighted by molar-refractivity contribution is 0.0486. The van der Waals surface area contributed by atoms with Gasteiger partial charge in [-0.15, -0.1) is 34.2 Å². The van der Waals surface area contributed by atoms with Crippen LogP contribution in [0.4, 0.5) is 4.79 Å². The minimum absolute atomic E-state index is 0. The molecule has 1 atom stereocenters. The van der Waals surface area contributed by atoms with Gasteiger partial charge in [0.05, 0.1) is 0 Å². The monoisotopic (exact) mass is 573 g/mol. The van der Waals surface area contributed by atoms with Crippen LogP contribution in [-0.4, -0.2) is 69.9 Å². The molecule has 0 saturated heterocycles. The van der Waals surface area contributed by atoms with Gasteiger partial charge in [0.15, 0.2) is 11.6 Å². The number of fused-ring (bicyclic) bond motifs is 1. The van der Waals surface area contributed by atoms with Crippen LogP contribution in [-0.2, 0) is 11.2 Å². The van der Waals surface area contributed by atoms with Gasteiger partial charge in [0.2, 0.25) is 0 Å². The second kappa shape index (κ2) is 13.6. The quantitative estimate of drug-likeness (QED) is 0.270. The Morgan fingerprint density at radius 3 is 2.64 bits per heavy atom. The maximum absolute atomic E-state index is 12.2. The topological polar surface area (TPSA) is 96.1 Å². The smallest absolute Gasteiger partial charge is 0.407 e. The van der Waals surface area contributed by atoms with Crippen LogP contribution in [0.3, 0.4) is 0 Å². The van der Waals surface area contributed by atoms with Crippen LogP contribution in [0, 0.1) is 5.92 Å². The van der Waals surface area contributed by atoms with Gasteiger partial charge in [0, 0.05) is 45.3 Å². The van der Waals surface area contributed by atoms with Crippen LogP contribution in [0.15, 0.2) is 29.4 Å². The molecule has 9 nitrogen and oxygen atoms in total. The molecular formula is C23H40IN7O2. The van der Waals surface area contributed by atoms with Crippen molar-refractivity contribution in [1.82, 2.24) is 30.1 Å². The third-order valence-corrected chi connectivity index (χ3v) is 4.96. The zero-order chi connectivity index (χ0) is 23.7. The summed E-state index contributed by atoms with van der Waals surface area (Å²) in [7, 11) is 2.01. The Bertz CT molecular complexity index is 892. The number of aromatic nitrogens is 3. The molecule has 1 amide bonds. The average Bonchev–Trinajstić information content (AvgIpc) is 3.12. The van der Waals surface area contributed by atoms with Crippen molar-refractivity contribution >= 4 is 41.7 Å². The first-order valence-corrected chi connectivity index (χ1v) is 11.4. The van der Waals surface area contributed by atoms with Crippen molar-refractivity contribution in [2.45, 2.75) is 66.0 Å². The van der Waals surface area contributed by atoms with Gasteiger partial charge in [-0.05, 0) is 52.2 Å². The number of guanidine groups is 1. The first kappa shape index (κ1) is 28.9. The lowest BCUT2D eigenvalue weighted by Gasteiger charge is -2.28. The number of amides is 1. The summed E-state index contributed by atoms with van der Waals surface area (Å²) in [5.41, 5.74) is 0.330. The van der Waals surface area contributed by atoms with Crippen molar-refractivity contribution in [3.63, 3.8) is 0 Å². The number of aliphatic imine (C=N–C) groups is 1. The number of rotatable bonds is 9. The summed E-state index contributed by atoms with van der Waals surface area (Å²) in [6.07, 6.45) is 3.07. The maximum atomic E-state index is 12.2. The van der Waals surface area contributed by atoms with E-state index >= 15 is 0 Å². The molecule has 0 radical (unpaired) electrons. The molecule has 33 heavy (non-hydrogen) atoms. The van der Waals surface area contributed by atoms with Gasteiger partial charge in [-0.1, -0.05) is 19.9 Å². The Labute approximate surface area is 214 Å². The van der Waals surface area contributed by atoms with Gasteiger partial charge in [0.25, 0.3) is 0 Å². The number of nitrogens with one attached hydrogen (secondary N) is 2. The number of carbonyl (C=O) groups excluding carboxylic acids is 1. The predicted octanol–water partition coefficient (Wildman–Crippen LogP) is 3.73. The molecule has 2 rings (SSSR count). The molecule has 0 spiro atoms. The SMILES string of the molecule is CCNC(=NCCc1nnc2ccccn12)N(C)CCC(NC(=O)OC(C)(C)C)C(C)C.I. The van der Waals surface area contributed by atoms with E-state index in [1.807, 2.05) is 56.6 Å². The first-order chi connectivity index (χ1) is 15.1. The average molecular weight is 574 g/mol. The zero-order valence-corrected chi connectivity index (χ0v) is 23.3. The summed E-state index contributed by atoms with van der Waals surface area (Å²) < 4.78 is 7.41. The van der Waals surface area contributed by atoms with Gasteiger partial charge < -0.3 is 20.3 Å². The summed E-state index contributed by atoms with van der Waals surface area (Å²) >= 11 is 0. The Morgan fingerprint density at radius 2 is 2.00 bits per heavy atom. The fourth-order valence-electron chi connectivity index (χ4n) is 3.26. The third kappa shape index (κ3) is 9.73. The highest BCUT2D eigenvalue weighted by Crippen LogP contribution is 2.11. The molecule has 2 aromatic rings. The Balaban J connectivity index is 0.00000544. The first-order valence-electron chi connectivity index (χ1n) is 11.4. The van der Waals surface area contributed by atoms with Gasteiger partial charge in [-0.25, -0.2) is 4.79 Å². The van der Waals surface area contributed by atoms with E-state index in [-0.39, 0.29) is 42.0 Å². The Morgan fingerprint density at radius 1 is 1.27 bits per heavy atom. The van der Waals surface area contributed by atoms with Gasteiger partial charge >= 0.3 is 6.09 Å². The molecule has 0 aromatic carbocycles. The van der Waals surface area contributed by atoms with Crippen molar-refractivity contribution in [3.8, 4) is 0 Å². The number of pyridine rings is 1. The zero-order valence-electron chi connectivity index (χ0n) is 21.0. The van der Waals surface area contributed by atoms with Crippen molar-refractivity contribution in [2.75, 3.05) is 26.7 Å². The van der Waals surface area contributed by atoms with Crippen LogP contribution < -0.4 is 10.6 Å². The number of alkyl carbamates (subject to hydrolysis) is 1. The lowest BCUT2D eigenvalue weighted by atomic mass is 10.0. The fraction of sp³-hybridized carbons (Fsp3) is 0.652. The van der Waals surface area contributed by atoms with E-state index in [1.165, 1.54) is 0 Å². The van der Waals surface area contributed by atoms with E-state index in [1.54, 1.807) is 0 Å². The number of nitrogens with zero attached hydrogens (tertiary/aromatic N) is 5. The largest absolute Gasteiger partial charge is 0.444 e. The van der Waals surface area contributed by atoms with Crippen molar-refractivity contribution in [2.24, 2.45) is 10.9 Å². The highest BCUT2D eigenvalue weighted by atomic mass is 127. The number of halogens is 1. The molecule has 0 aliphatic heterocycles. The molecule has 1 unspecified atom stereocenters. The highest BCUT2D eigenvalue weighted by molar-refractivity contribution is 14.0. The minimum atomic E-state index is -0.511. The lowest BCUT2D eigenvalue weighted by Crippen LogP contribution is -2.45. The maximum Gasteiger partial charge on any atom is 0.407 e. The normalized spacial score (nSPS) is 12.9. The van der Waals surface area contributed by atoms with Crippen LogP contribution in [0.25, 0.3) is 5.65 Å². The van der Waals surface area contributed by atoms with E-state index in [0.29, 0.717) is 13.0 Å². The van der Waals surface area contributed by atoms with E-state index in [0.717, 1.165) is 36.9 Å². The molecule has 2 aromatic heterocycles. The van der Waals surface area contributed by atoms with Crippen molar-refractivity contribution in [3.05, 3.63) is 30.2 Å².